The van der Waals surface area contributed by atoms with E-state index in [2.05, 4.69) is 18.8 Å². The molecule has 0 N–H and O–H groups in total. The molecule has 0 aromatic carbocycles. The summed E-state index contributed by atoms with van der Waals surface area (Å²) in [6.45, 7) is 2.23. The second kappa shape index (κ2) is 4.39. The van der Waals surface area contributed by atoms with E-state index in [1.165, 1.54) is 32.1 Å². The van der Waals surface area contributed by atoms with Crippen molar-refractivity contribution >= 4 is 0 Å². The molecule has 0 heterocycles. The van der Waals surface area contributed by atoms with Gasteiger partial charge in [-0.15, -0.1) is 5.92 Å². The molecule has 0 saturated heterocycles. The summed E-state index contributed by atoms with van der Waals surface area (Å²) in [6.07, 6.45) is 7.81. The third kappa shape index (κ3) is 3.56. The van der Waals surface area contributed by atoms with Crippen LogP contribution in [0.1, 0.15) is 45.4 Å². The van der Waals surface area contributed by atoms with Crippen LogP contribution < -0.4 is 0 Å². The predicted molar refractivity (Wildman–Crippen MR) is 44.6 cm³/mol. The van der Waals surface area contributed by atoms with Crippen molar-refractivity contribution in [2.24, 2.45) is 5.92 Å². The number of unbranched alkanes of at least 4 members (excludes halogenated alkanes) is 3. The smallest absolute Gasteiger partial charge is 0.0203 e. The van der Waals surface area contributed by atoms with Gasteiger partial charge >= 0.3 is 0 Å². The third-order valence-corrected chi connectivity index (χ3v) is 1.79. The van der Waals surface area contributed by atoms with Crippen LogP contribution in [-0.2, 0) is 0 Å². The van der Waals surface area contributed by atoms with E-state index in [1.807, 2.05) is 0 Å². The van der Waals surface area contributed by atoms with Crippen molar-refractivity contribution in [2.45, 2.75) is 45.4 Å². The van der Waals surface area contributed by atoms with Gasteiger partial charge in [-0.3, -0.25) is 0 Å². The highest BCUT2D eigenvalue weighted by Gasteiger charge is 2.17. The first-order valence-corrected chi connectivity index (χ1v) is 4.42. The van der Waals surface area contributed by atoms with E-state index in [4.69, 9.17) is 0 Å². The van der Waals surface area contributed by atoms with Crippen molar-refractivity contribution in [1.82, 2.24) is 0 Å². The SMILES string of the molecule is CCCCCC#CC1CC1. The zero-order chi connectivity index (χ0) is 7.23. The van der Waals surface area contributed by atoms with E-state index < -0.39 is 0 Å². The van der Waals surface area contributed by atoms with Crippen molar-refractivity contribution < 1.29 is 0 Å². The Balaban J connectivity index is 1.89. The molecular formula is C10H16. The first kappa shape index (κ1) is 7.66. The fourth-order valence-corrected chi connectivity index (χ4v) is 0.908. The van der Waals surface area contributed by atoms with Gasteiger partial charge in [0, 0.05) is 12.3 Å². The maximum atomic E-state index is 3.27. The van der Waals surface area contributed by atoms with Gasteiger partial charge in [0.25, 0.3) is 0 Å². The first-order valence-electron chi connectivity index (χ1n) is 4.42. The third-order valence-electron chi connectivity index (χ3n) is 1.79. The summed E-state index contributed by atoms with van der Waals surface area (Å²) in [4.78, 5) is 0. The largest absolute Gasteiger partial charge is 0.103 e. The Morgan fingerprint density at radius 1 is 1.30 bits per heavy atom. The molecule has 0 unspecified atom stereocenters. The molecule has 0 spiro atoms. The van der Waals surface area contributed by atoms with E-state index >= 15 is 0 Å². The summed E-state index contributed by atoms with van der Waals surface area (Å²) in [7, 11) is 0. The lowest BCUT2D eigenvalue weighted by molar-refractivity contribution is 0.737. The monoisotopic (exact) mass is 136 g/mol. The zero-order valence-corrected chi connectivity index (χ0v) is 6.82. The summed E-state index contributed by atoms with van der Waals surface area (Å²) in [5, 5.41) is 0. The van der Waals surface area contributed by atoms with E-state index in [-0.39, 0.29) is 0 Å². The molecule has 1 rings (SSSR count). The van der Waals surface area contributed by atoms with E-state index in [0.717, 1.165) is 12.3 Å². The molecule has 0 heteroatoms. The second-order valence-electron chi connectivity index (χ2n) is 3.05. The minimum Gasteiger partial charge on any atom is -0.103 e. The van der Waals surface area contributed by atoms with Crippen LogP contribution in [0, 0.1) is 17.8 Å². The summed E-state index contributed by atoms with van der Waals surface area (Å²) in [6, 6.07) is 0. The Morgan fingerprint density at radius 2 is 2.10 bits per heavy atom. The molecule has 1 aliphatic rings. The molecule has 0 aromatic heterocycles. The first-order chi connectivity index (χ1) is 4.93. The molecule has 1 fully saturated rings. The van der Waals surface area contributed by atoms with Crippen molar-refractivity contribution in [2.75, 3.05) is 0 Å². The number of rotatable bonds is 3. The van der Waals surface area contributed by atoms with Crippen molar-refractivity contribution in [3.8, 4) is 11.8 Å². The molecule has 0 amide bonds. The van der Waals surface area contributed by atoms with Crippen LogP contribution in [0.5, 0.6) is 0 Å². The van der Waals surface area contributed by atoms with Gasteiger partial charge in [-0.1, -0.05) is 25.7 Å². The van der Waals surface area contributed by atoms with Crippen molar-refractivity contribution in [3.05, 3.63) is 0 Å². The van der Waals surface area contributed by atoms with Crippen molar-refractivity contribution in [1.29, 1.82) is 0 Å². The molecule has 0 bridgehead atoms. The summed E-state index contributed by atoms with van der Waals surface area (Å²) < 4.78 is 0. The molecule has 10 heavy (non-hydrogen) atoms. The summed E-state index contributed by atoms with van der Waals surface area (Å²) >= 11 is 0. The van der Waals surface area contributed by atoms with Gasteiger partial charge in [0.15, 0.2) is 0 Å². The summed E-state index contributed by atoms with van der Waals surface area (Å²) in [5.74, 6) is 7.29. The molecule has 0 aliphatic heterocycles. The van der Waals surface area contributed by atoms with Crippen LogP contribution in [0.15, 0.2) is 0 Å². The molecule has 56 valence electrons. The lowest BCUT2D eigenvalue weighted by Crippen LogP contribution is -1.71. The Hall–Kier alpha value is -0.440. The maximum Gasteiger partial charge on any atom is 0.0203 e. The molecule has 0 aromatic rings. The number of hydrogen-bond donors (Lipinski definition) is 0. The second-order valence-corrected chi connectivity index (χ2v) is 3.05. The molecule has 0 nitrogen and oxygen atoms in total. The molecule has 0 radical (unpaired) electrons. The van der Waals surface area contributed by atoms with Crippen molar-refractivity contribution in [3.63, 3.8) is 0 Å². The van der Waals surface area contributed by atoms with E-state index in [9.17, 15) is 0 Å². The highest BCUT2D eigenvalue weighted by Crippen LogP contribution is 2.27. The Kier molecular flexibility index (Phi) is 3.36. The zero-order valence-electron chi connectivity index (χ0n) is 6.82. The van der Waals surface area contributed by atoms with Gasteiger partial charge in [-0.2, -0.15) is 0 Å². The Bertz CT molecular complexity index is 132. The maximum absolute atomic E-state index is 3.27. The van der Waals surface area contributed by atoms with Gasteiger partial charge in [0.05, 0.1) is 0 Å². The lowest BCUT2D eigenvalue weighted by atomic mass is 10.2. The molecule has 0 atom stereocenters. The molecule has 1 aliphatic carbocycles. The quantitative estimate of drug-likeness (QED) is 0.413. The van der Waals surface area contributed by atoms with Crippen LogP contribution in [0.3, 0.4) is 0 Å². The normalized spacial score (nSPS) is 16.1. The van der Waals surface area contributed by atoms with Gasteiger partial charge in [0.1, 0.15) is 0 Å². The highest BCUT2D eigenvalue weighted by molar-refractivity contribution is 5.08. The molecular weight excluding hydrogens is 120 g/mol. The lowest BCUT2D eigenvalue weighted by Gasteiger charge is -1.87. The van der Waals surface area contributed by atoms with Gasteiger partial charge in [0.2, 0.25) is 0 Å². The highest BCUT2D eigenvalue weighted by atomic mass is 14.2. The van der Waals surface area contributed by atoms with E-state index in [0.29, 0.717) is 0 Å². The van der Waals surface area contributed by atoms with Crippen LogP contribution in [0.25, 0.3) is 0 Å². The van der Waals surface area contributed by atoms with Crippen LogP contribution in [0.2, 0.25) is 0 Å². The minimum absolute atomic E-state index is 0.793. The van der Waals surface area contributed by atoms with E-state index in [1.54, 1.807) is 0 Å². The van der Waals surface area contributed by atoms with Gasteiger partial charge < -0.3 is 0 Å². The number of hydrogen-bond acceptors (Lipinski definition) is 0. The average molecular weight is 136 g/mol. The fourth-order valence-electron chi connectivity index (χ4n) is 0.908. The van der Waals surface area contributed by atoms with Gasteiger partial charge in [-0.05, 0) is 19.3 Å². The Morgan fingerprint density at radius 3 is 2.70 bits per heavy atom. The Labute approximate surface area is 64.0 Å². The predicted octanol–water partition coefficient (Wildman–Crippen LogP) is 2.98. The fraction of sp³-hybridized carbons (Fsp3) is 0.800. The topological polar surface area (TPSA) is 0 Å². The standard InChI is InChI=1S/C10H16/c1-2-3-4-5-6-7-10-8-9-10/h10H,2-5,8-9H2,1H3. The van der Waals surface area contributed by atoms with Gasteiger partial charge in [-0.25, -0.2) is 0 Å². The minimum atomic E-state index is 0.793. The molecule has 1 saturated carbocycles. The summed E-state index contributed by atoms with van der Waals surface area (Å²) in [5.41, 5.74) is 0. The van der Waals surface area contributed by atoms with Crippen LogP contribution in [-0.4, -0.2) is 0 Å². The van der Waals surface area contributed by atoms with Crippen LogP contribution in [0.4, 0.5) is 0 Å². The average Bonchev–Trinajstić information content (AvgIpc) is 2.71. The van der Waals surface area contributed by atoms with Crippen LogP contribution >= 0.6 is 0 Å².